The average Bonchev–Trinajstić information content (AvgIpc) is 2.31. The number of aromatic nitrogens is 2. The summed E-state index contributed by atoms with van der Waals surface area (Å²) in [6.07, 6.45) is -0.517. The van der Waals surface area contributed by atoms with Gasteiger partial charge in [0, 0.05) is 24.3 Å². The highest BCUT2D eigenvalue weighted by Gasteiger charge is 2.07. The molecule has 0 aromatic carbocycles. The Kier molecular flexibility index (Phi) is 7.19. The third-order valence-electron chi connectivity index (χ3n) is 2.11. The van der Waals surface area contributed by atoms with Crippen molar-refractivity contribution in [3.63, 3.8) is 0 Å². The van der Waals surface area contributed by atoms with Crippen LogP contribution in [0.3, 0.4) is 0 Å². The topological polar surface area (TPSA) is 64.5 Å². The summed E-state index contributed by atoms with van der Waals surface area (Å²) in [6, 6.07) is 1.92. The van der Waals surface area contributed by atoms with E-state index in [0.29, 0.717) is 30.7 Å². The van der Waals surface area contributed by atoms with Crippen LogP contribution in [0.4, 0.5) is 0 Å². The van der Waals surface area contributed by atoms with Crippen LogP contribution in [0.15, 0.2) is 11.2 Å². The molecule has 0 aliphatic carbocycles. The number of aryl methyl sites for hydroxylation is 2. The van der Waals surface area contributed by atoms with Crippen LogP contribution in [0.25, 0.3) is 0 Å². The summed E-state index contributed by atoms with van der Waals surface area (Å²) >= 11 is 1.44. The molecule has 1 aromatic heterocycles. The van der Waals surface area contributed by atoms with Gasteiger partial charge in [-0.15, -0.1) is 0 Å². The Labute approximate surface area is 112 Å². The number of thioether (sulfide) groups is 1. The summed E-state index contributed by atoms with van der Waals surface area (Å²) in [7, 11) is 1.62. The lowest BCUT2D eigenvalue weighted by Crippen LogP contribution is -2.19. The van der Waals surface area contributed by atoms with E-state index < -0.39 is 6.10 Å². The van der Waals surface area contributed by atoms with Gasteiger partial charge in [-0.25, -0.2) is 9.97 Å². The molecule has 1 heterocycles. The molecule has 0 saturated carbocycles. The highest BCUT2D eigenvalue weighted by molar-refractivity contribution is 7.99. The van der Waals surface area contributed by atoms with E-state index in [9.17, 15) is 5.11 Å². The predicted octanol–water partition coefficient (Wildman–Crippen LogP) is 1.21. The van der Waals surface area contributed by atoms with Crippen molar-refractivity contribution in [3.05, 3.63) is 17.5 Å². The molecule has 1 atom stereocenters. The first-order valence-corrected chi connectivity index (χ1v) is 6.80. The third-order valence-corrected chi connectivity index (χ3v) is 3.10. The molecular weight excluding hydrogens is 252 g/mol. The fraction of sp³-hybridized carbons (Fsp3) is 0.667. The van der Waals surface area contributed by atoms with Crippen LogP contribution in [0.1, 0.15) is 11.4 Å². The van der Waals surface area contributed by atoms with Gasteiger partial charge in [0.25, 0.3) is 0 Å². The molecule has 0 saturated heterocycles. The quantitative estimate of drug-likeness (QED) is 0.436. The maximum absolute atomic E-state index is 9.71. The van der Waals surface area contributed by atoms with Crippen molar-refractivity contribution in [1.29, 1.82) is 0 Å². The number of methoxy groups -OCH3 is 1. The Morgan fingerprint density at radius 3 is 2.56 bits per heavy atom. The van der Waals surface area contributed by atoms with Crippen LogP contribution in [0, 0.1) is 13.8 Å². The van der Waals surface area contributed by atoms with Crippen molar-refractivity contribution < 1.29 is 14.6 Å². The first-order valence-electron chi connectivity index (χ1n) is 5.81. The summed E-state index contributed by atoms with van der Waals surface area (Å²) in [6.45, 7) is 5.21. The zero-order valence-electron chi connectivity index (χ0n) is 11.0. The molecule has 6 heteroatoms. The number of rotatable bonds is 8. The van der Waals surface area contributed by atoms with Crippen molar-refractivity contribution in [3.8, 4) is 0 Å². The van der Waals surface area contributed by atoms with E-state index in [-0.39, 0.29) is 0 Å². The van der Waals surface area contributed by atoms with Crippen molar-refractivity contribution in [2.24, 2.45) is 0 Å². The Balaban J connectivity index is 2.26. The van der Waals surface area contributed by atoms with E-state index in [4.69, 9.17) is 9.47 Å². The van der Waals surface area contributed by atoms with Crippen molar-refractivity contribution in [1.82, 2.24) is 9.97 Å². The molecule has 0 bridgehead atoms. The lowest BCUT2D eigenvalue weighted by atomic mass is 10.4. The molecule has 1 N–H and O–H groups in total. The summed E-state index contributed by atoms with van der Waals surface area (Å²) < 4.78 is 10.1. The van der Waals surface area contributed by atoms with E-state index in [1.54, 1.807) is 7.11 Å². The van der Waals surface area contributed by atoms with E-state index in [2.05, 4.69) is 9.97 Å². The molecule has 1 unspecified atom stereocenters. The Bertz CT molecular complexity index is 343. The lowest BCUT2D eigenvalue weighted by molar-refractivity contribution is 0.0218. The maximum atomic E-state index is 9.71. The second-order valence-corrected chi connectivity index (χ2v) is 4.95. The molecule has 0 spiro atoms. The Morgan fingerprint density at radius 1 is 1.28 bits per heavy atom. The molecule has 5 nitrogen and oxygen atoms in total. The van der Waals surface area contributed by atoms with Crippen LogP contribution in [-0.2, 0) is 9.47 Å². The largest absolute Gasteiger partial charge is 0.390 e. The number of hydrogen-bond donors (Lipinski definition) is 1. The summed E-state index contributed by atoms with van der Waals surface area (Å²) in [5, 5.41) is 10.4. The lowest BCUT2D eigenvalue weighted by Gasteiger charge is -2.10. The van der Waals surface area contributed by atoms with Gasteiger partial charge in [-0.1, -0.05) is 11.8 Å². The zero-order valence-corrected chi connectivity index (χ0v) is 11.9. The zero-order chi connectivity index (χ0) is 13.4. The number of ether oxygens (including phenoxy) is 2. The van der Waals surface area contributed by atoms with Crippen molar-refractivity contribution in [2.45, 2.75) is 25.1 Å². The second kappa shape index (κ2) is 8.42. The second-order valence-electron chi connectivity index (χ2n) is 3.97. The molecule has 102 valence electrons. The van der Waals surface area contributed by atoms with Crippen LogP contribution < -0.4 is 0 Å². The number of nitrogens with zero attached hydrogens (tertiary/aromatic N) is 2. The monoisotopic (exact) mass is 272 g/mol. The van der Waals surface area contributed by atoms with Gasteiger partial charge >= 0.3 is 0 Å². The molecule has 1 aromatic rings. The summed E-state index contributed by atoms with van der Waals surface area (Å²) in [5.74, 6) is 0.524. The normalized spacial score (nSPS) is 12.7. The van der Waals surface area contributed by atoms with E-state index >= 15 is 0 Å². The first-order chi connectivity index (χ1) is 8.61. The molecule has 0 amide bonds. The third kappa shape index (κ3) is 6.30. The van der Waals surface area contributed by atoms with Gasteiger partial charge in [0.15, 0.2) is 5.16 Å². The Hall–Kier alpha value is -0.690. The fourth-order valence-electron chi connectivity index (χ4n) is 1.34. The summed E-state index contributed by atoms with van der Waals surface area (Å²) in [4.78, 5) is 8.59. The van der Waals surface area contributed by atoms with E-state index in [1.807, 2.05) is 19.9 Å². The molecular formula is C12H20N2O3S. The van der Waals surface area contributed by atoms with Gasteiger partial charge in [0.2, 0.25) is 0 Å². The first kappa shape index (κ1) is 15.4. The van der Waals surface area contributed by atoms with Gasteiger partial charge in [0.1, 0.15) is 0 Å². The van der Waals surface area contributed by atoms with E-state index in [1.165, 1.54) is 11.8 Å². The average molecular weight is 272 g/mol. The standard InChI is InChI=1S/C12H20N2O3S/c1-9-6-10(2)14-12(13-9)18-8-11(15)7-17-5-4-16-3/h6,11,15H,4-5,7-8H2,1-3H3. The van der Waals surface area contributed by atoms with Gasteiger partial charge in [0.05, 0.1) is 25.9 Å². The number of hydrogen-bond acceptors (Lipinski definition) is 6. The van der Waals surface area contributed by atoms with Crippen molar-refractivity contribution >= 4 is 11.8 Å². The minimum atomic E-state index is -0.517. The highest BCUT2D eigenvalue weighted by atomic mass is 32.2. The molecule has 0 fully saturated rings. The molecule has 0 aliphatic heterocycles. The van der Waals surface area contributed by atoms with Crippen molar-refractivity contribution in [2.75, 3.05) is 32.7 Å². The minimum Gasteiger partial charge on any atom is -0.390 e. The van der Waals surface area contributed by atoms with Gasteiger partial charge < -0.3 is 14.6 Å². The fourth-order valence-corrected chi connectivity index (χ4v) is 2.19. The summed E-state index contributed by atoms with van der Waals surface area (Å²) in [5.41, 5.74) is 1.88. The van der Waals surface area contributed by atoms with Gasteiger partial charge in [-0.05, 0) is 19.9 Å². The van der Waals surface area contributed by atoms with Crippen LogP contribution in [-0.4, -0.2) is 53.9 Å². The molecule has 18 heavy (non-hydrogen) atoms. The van der Waals surface area contributed by atoms with Crippen LogP contribution in [0.2, 0.25) is 0 Å². The van der Waals surface area contributed by atoms with E-state index in [0.717, 1.165) is 11.4 Å². The molecule has 1 rings (SSSR count). The Morgan fingerprint density at radius 2 is 1.94 bits per heavy atom. The smallest absolute Gasteiger partial charge is 0.188 e. The predicted molar refractivity (Wildman–Crippen MR) is 70.9 cm³/mol. The molecule has 0 aliphatic rings. The SMILES string of the molecule is COCCOCC(O)CSc1nc(C)cc(C)n1. The minimum absolute atomic E-state index is 0.307. The molecule has 0 radical (unpaired) electrons. The highest BCUT2D eigenvalue weighted by Crippen LogP contribution is 2.15. The van der Waals surface area contributed by atoms with Gasteiger partial charge in [-0.2, -0.15) is 0 Å². The maximum Gasteiger partial charge on any atom is 0.188 e. The van der Waals surface area contributed by atoms with Crippen LogP contribution >= 0.6 is 11.8 Å². The number of aliphatic hydroxyl groups is 1. The van der Waals surface area contributed by atoms with Gasteiger partial charge in [-0.3, -0.25) is 0 Å². The van der Waals surface area contributed by atoms with Crippen LogP contribution in [0.5, 0.6) is 0 Å². The number of aliphatic hydroxyl groups excluding tert-OH is 1.